The molecule has 10 aromatic carbocycles. The summed E-state index contributed by atoms with van der Waals surface area (Å²) >= 11 is 0. The molecule has 0 amide bonds. The Morgan fingerprint density at radius 1 is 0.273 bits per heavy atom. The van der Waals surface area contributed by atoms with Gasteiger partial charge < -0.3 is 0 Å². The van der Waals surface area contributed by atoms with E-state index < -0.39 is 0 Å². The molecule has 10 aromatic rings. The number of hydrogen-bond acceptors (Lipinski definition) is 0. The minimum absolute atomic E-state index is 0.0410. The summed E-state index contributed by atoms with van der Waals surface area (Å²) in [6.07, 6.45) is 0. The molecule has 0 saturated heterocycles. The van der Waals surface area contributed by atoms with Crippen LogP contribution in [0.4, 0.5) is 0 Å². The van der Waals surface area contributed by atoms with Crippen LogP contribution in [0.3, 0.4) is 0 Å². The zero-order valence-corrected chi connectivity index (χ0v) is 31.0. The van der Waals surface area contributed by atoms with Gasteiger partial charge in [0, 0.05) is 5.41 Å². The fraction of sp³-hybridized carbons (Fsp3) is 0.0545. The Morgan fingerprint density at radius 3 is 1.42 bits per heavy atom. The van der Waals surface area contributed by atoms with Gasteiger partial charge in [-0.2, -0.15) is 0 Å². The van der Waals surface area contributed by atoms with Gasteiger partial charge in [0.25, 0.3) is 0 Å². The van der Waals surface area contributed by atoms with Gasteiger partial charge in [-0.25, -0.2) is 0 Å². The minimum Gasteiger partial charge on any atom is -0.0619 e. The lowest BCUT2D eigenvalue weighted by atomic mass is 9.81. The van der Waals surface area contributed by atoms with E-state index in [1.807, 2.05) is 0 Å². The molecule has 1 aliphatic rings. The van der Waals surface area contributed by atoms with Gasteiger partial charge in [-0.15, -0.1) is 0 Å². The zero-order chi connectivity index (χ0) is 36.7. The normalized spacial score (nSPS) is 13.1. The van der Waals surface area contributed by atoms with Crippen LogP contribution in [0.25, 0.3) is 98.7 Å². The van der Waals surface area contributed by atoms with Crippen molar-refractivity contribution >= 4 is 43.1 Å². The molecule has 0 heteroatoms. The molecule has 0 nitrogen and oxygen atoms in total. The lowest BCUT2D eigenvalue weighted by molar-refractivity contribution is 0.660. The highest BCUT2D eigenvalue weighted by Crippen LogP contribution is 2.51. The van der Waals surface area contributed by atoms with Gasteiger partial charge in [0.05, 0.1) is 0 Å². The molecule has 0 heterocycles. The average Bonchev–Trinajstić information content (AvgIpc) is 3.47. The quantitative estimate of drug-likeness (QED) is 0.161. The third-order valence-corrected chi connectivity index (χ3v) is 12.2. The van der Waals surface area contributed by atoms with Gasteiger partial charge >= 0.3 is 0 Å². The van der Waals surface area contributed by atoms with E-state index in [-0.39, 0.29) is 5.41 Å². The molecular formula is C55H38. The SMILES string of the molecule is CC1(C)c2ccccc2-c2cc(-c3c4ccccc4c(-c4ccc(-c5ccc6ccccc6c5)cc4)c4ccc(-c5ccc6ccccc6c5)cc34)ccc21. The second-order valence-corrected chi connectivity index (χ2v) is 15.7. The molecule has 11 rings (SSSR count). The molecular weight excluding hydrogens is 661 g/mol. The van der Waals surface area contributed by atoms with Gasteiger partial charge in [0.1, 0.15) is 0 Å². The van der Waals surface area contributed by atoms with Crippen LogP contribution < -0.4 is 0 Å². The maximum Gasteiger partial charge on any atom is 0.0158 e. The van der Waals surface area contributed by atoms with Crippen LogP contribution in [-0.2, 0) is 5.41 Å². The van der Waals surface area contributed by atoms with Crippen molar-refractivity contribution < 1.29 is 0 Å². The Morgan fingerprint density at radius 2 is 0.727 bits per heavy atom. The van der Waals surface area contributed by atoms with Gasteiger partial charge in [-0.1, -0.05) is 184 Å². The molecule has 0 aromatic heterocycles. The third kappa shape index (κ3) is 4.99. The maximum atomic E-state index is 2.46. The molecule has 1 aliphatic carbocycles. The molecule has 0 aliphatic heterocycles. The van der Waals surface area contributed by atoms with Crippen molar-refractivity contribution in [3.8, 4) is 55.6 Å². The molecule has 55 heavy (non-hydrogen) atoms. The average molecular weight is 699 g/mol. The Hall–Kier alpha value is -6.76. The Kier molecular flexibility index (Phi) is 7.00. The third-order valence-electron chi connectivity index (χ3n) is 12.2. The Bertz CT molecular complexity index is 3160. The fourth-order valence-corrected chi connectivity index (χ4v) is 9.42. The van der Waals surface area contributed by atoms with Gasteiger partial charge in [0.2, 0.25) is 0 Å². The molecule has 0 saturated carbocycles. The van der Waals surface area contributed by atoms with E-state index in [9.17, 15) is 0 Å². The summed E-state index contributed by atoms with van der Waals surface area (Å²) < 4.78 is 0. The van der Waals surface area contributed by atoms with Crippen molar-refractivity contribution in [3.05, 3.63) is 205 Å². The molecule has 0 radical (unpaired) electrons. The Balaban J connectivity index is 1.15. The van der Waals surface area contributed by atoms with Gasteiger partial charge in [0.15, 0.2) is 0 Å². The summed E-state index contributed by atoms with van der Waals surface area (Å²) in [6, 6.07) is 72.4. The van der Waals surface area contributed by atoms with E-state index in [4.69, 9.17) is 0 Å². The van der Waals surface area contributed by atoms with Crippen LogP contribution in [0.15, 0.2) is 194 Å². The largest absolute Gasteiger partial charge is 0.0619 e. The monoisotopic (exact) mass is 698 g/mol. The minimum atomic E-state index is -0.0410. The number of fused-ring (bicyclic) bond motifs is 7. The van der Waals surface area contributed by atoms with E-state index in [1.54, 1.807) is 0 Å². The van der Waals surface area contributed by atoms with Crippen molar-refractivity contribution in [3.63, 3.8) is 0 Å². The molecule has 0 N–H and O–H groups in total. The van der Waals surface area contributed by atoms with Crippen LogP contribution >= 0.6 is 0 Å². The highest BCUT2D eigenvalue weighted by Gasteiger charge is 2.35. The highest BCUT2D eigenvalue weighted by molar-refractivity contribution is 6.22. The molecule has 0 atom stereocenters. The summed E-state index contributed by atoms with van der Waals surface area (Å²) in [4.78, 5) is 0. The van der Waals surface area contributed by atoms with Crippen molar-refractivity contribution in [2.24, 2.45) is 0 Å². The fourth-order valence-electron chi connectivity index (χ4n) is 9.42. The molecule has 258 valence electrons. The summed E-state index contributed by atoms with van der Waals surface area (Å²) in [5, 5.41) is 10.1. The predicted molar refractivity (Wildman–Crippen MR) is 236 cm³/mol. The summed E-state index contributed by atoms with van der Waals surface area (Å²) in [5.74, 6) is 0. The summed E-state index contributed by atoms with van der Waals surface area (Å²) in [5.41, 5.74) is 15.4. The van der Waals surface area contributed by atoms with Gasteiger partial charge in [-0.3, -0.25) is 0 Å². The topological polar surface area (TPSA) is 0 Å². The van der Waals surface area contributed by atoms with Crippen molar-refractivity contribution in [2.75, 3.05) is 0 Å². The molecule has 0 bridgehead atoms. The maximum absolute atomic E-state index is 2.46. The highest BCUT2D eigenvalue weighted by atomic mass is 14.4. The van der Waals surface area contributed by atoms with Crippen LogP contribution in [-0.4, -0.2) is 0 Å². The lowest BCUT2D eigenvalue weighted by Gasteiger charge is -2.22. The van der Waals surface area contributed by atoms with Crippen molar-refractivity contribution in [1.82, 2.24) is 0 Å². The van der Waals surface area contributed by atoms with E-state index in [0.717, 1.165) is 0 Å². The second-order valence-electron chi connectivity index (χ2n) is 15.7. The number of rotatable bonds is 4. The first kappa shape index (κ1) is 31.7. The summed E-state index contributed by atoms with van der Waals surface area (Å²) in [6.45, 7) is 4.72. The van der Waals surface area contributed by atoms with Crippen LogP contribution in [0, 0.1) is 0 Å². The number of benzene rings is 10. The first-order valence-corrected chi connectivity index (χ1v) is 19.3. The standard InChI is InChI=1S/C55H38/c1-55(2)51-18-10-9-15-45(51)49-34-44(28-30-52(49)55)54-47-17-8-7-16-46(47)53(38-23-19-37(20-24-38)41-25-21-35-11-3-5-13-39(35)31-41)48-29-27-43(33-50(48)54)42-26-22-36-12-4-6-14-40(36)32-42/h3-34H,1-2H3. The zero-order valence-electron chi connectivity index (χ0n) is 31.0. The Labute approximate surface area is 322 Å². The first-order chi connectivity index (χ1) is 27.0. The summed E-state index contributed by atoms with van der Waals surface area (Å²) in [7, 11) is 0. The van der Waals surface area contributed by atoms with E-state index >= 15 is 0 Å². The van der Waals surface area contributed by atoms with Crippen LogP contribution in [0.2, 0.25) is 0 Å². The van der Waals surface area contributed by atoms with Crippen molar-refractivity contribution in [1.29, 1.82) is 0 Å². The second kappa shape index (κ2) is 12.1. The number of hydrogen-bond donors (Lipinski definition) is 0. The molecule has 0 unspecified atom stereocenters. The van der Waals surface area contributed by atoms with Crippen LogP contribution in [0.5, 0.6) is 0 Å². The smallest absolute Gasteiger partial charge is 0.0158 e. The molecule has 0 spiro atoms. The van der Waals surface area contributed by atoms with Crippen LogP contribution in [0.1, 0.15) is 25.0 Å². The van der Waals surface area contributed by atoms with E-state index in [1.165, 1.54) is 110 Å². The first-order valence-electron chi connectivity index (χ1n) is 19.3. The predicted octanol–water partition coefficient (Wildman–Crippen LogP) is 15.3. The lowest BCUT2D eigenvalue weighted by Crippen LogP contribution is -2.14. The van der Waals surface area contributed by atoms with Gasteiger partial charge in [-0.05, 0) is 134 Å². The van der Waals surface area contributed by atoms with E-state index in [2.05, 4.69) is 208 Å². The molecule has 0 fully saturated rings. The van der Waals surface area contributed by atoms with Crippen molar-refractivity contribution in [2.45, 2.75) is 19.3 Å². The van der Waals surface area contributed by atoms with E-state index in [0.29, 0.717) is 0 Å².